The van der Waals surface area contributed by atoms with Crippen LogP contribution in [0.1, 0.15) is 44.1 Å². The molecule has 1 saturated heterocycles. The van der Waals surface area contributed by atoms with E-state index in [2.05, 4.69) is 51.0 Å². The van der Waals surface area contributed by atoms with Gasteiger partial charge in [-0.3, -0.25) is 4.98 Å². The van der Waals surface area contributed by atoms with Gasteiger partial charge in [0.05, 0.1) is 12.6 Å². The lowest BCUT2D eigenvalue weighted by molar-refractivity contribution is 0.170. The van der Waals surface area contributed by atoms with Gasteiger partial charge in [0.15, 0.2) is 5.82 Å². The van der Waals surface area contributed by atoms with E-state index < -0.39 is 0 Å². The SMILES string of the molecule is COc1ccc(-c2cccc3c(OC4CCN(c5nc(C(C)C)no5)CC4)ccnc23)c(C)n1. The van der Waals surface area contributed by atoms with Crippen molar-refractivity contribution in [2.75, 3.05) is 25.1 Å². The van der Waals surface area contributed by atoms with Gasteiger partial charge in [0.1, 0.15) is 11.9 Å². The van der Waals surface area contributed by atoms with Crippen LogP contribution in [0.25, 0.3) is 22.0 Å². The minimum atomic E-state index is 0.113. The molecule has 4 heterocycles. The number of fused-ring (bicyclic) bond motifs is 1. The molecule has 8 heteroatoms. The lowest BCUT2D eigenvalue weighted by Crippen LogP contribution is -2.38. The third-order valence-corrected chi connectivity index (χ3v) is 6.24. The van der Waals surface area contributed by atoms with Gasteiger partial charge in [-0.2, -0.15) is 4.98 Å². The van der Waals surface area contributed by atoms with Crippen LogP contribution in [0.2, 0.25) is 0 Å². The summed E-state index contributed by atoms with van der Waals surface area (Å²) in [4.78, 5) is 15.9. The normalized spacial score (nSPS) is 14.7. The van der Waals surface area contributed by atoms with Crippen molar-refractivity contribution in [3.05, 3.63) is 54.1 Å². The fourth-order valence-corrected chi connectivity index (χ4v) is 4.34. The second-order valence-electron chi connectivity index (χ2n) is 8.89. The highest BCUT2D eigenvalue weighted by molar-refractivity contribution is 5.97. The number of ether oxygens (including phenoxy) is 2. The Morgan fingerprint density at radius 2 is 1.85 bits per heavy atom. The number of piperidine rings is 1. The molecular weight excluding hydrogens is 430 g/mol. The molecule has 1 aromatic carbocycles. The van der Waals surface area contributed by atoms with Crippen LogP contribution in [0.4, 0.5) is 6.01 Å². The fourth-order valence-electron chi connectivity index (χ4n) is 4.34. The molecule has 0 atom stereocenters. The molecular formula is C26H29N5O3. The van der Waals surface area contributed by atoms with Crippen molar-refractivity contribution in [2.45, 2.75) is 45.6 Å². The van der Waals surface area contributed by atoms with Crippen molar-refractivity contribution < 1.29 is 14.0 Å². The van der Waals surface area contributed by atoms with Crippen LogP contribution in [0.3, 0.4) is 0 Å². The van der Waals surface area contributed by atoms with Crippen molar-refractivity contribution in [1.82, 2.24) is 20.1 Å². The van der Waals surface area contributed by atoms with Gasteiger partial charge in [-0.15, -0.1) is 0 Å². The van der Waals surface area contributed by atoms with E-state index >= 15 is 0 Å². The molecule has 4 aromatic rings. The van der Waals surface area contributed by atoms with Crippen LogP contribution >= 0.6 is 0 Å². The molecule has 5 rings (SSSR count). The summed E-state index contributed by atoms with van der Waals surface area (Å²) in [6, 6.07) is 12.6. The topological polar surface area (TPSA) is 86.4 Å². The third-order valence-electron chi connectivity index (χ3n) is 6.24. The van der Waals surface area contributed by atoms with Crippen molar-refractivity contribution in [1.29, 1.82) is 0 Å². The molecule has 3 aromatic heterocycles. The molecule has 1 fully saturated rings. The lowest BCUT2D eigenvalue weighted by Gasteiger charge is -2.31. The average Bonchev–Trinajstić information content (AvgIpc) is 3.35. The molecule has 34 heavy (non-hydrogen) atoms. The summed E-state index contributed by atoms with van der Waals surface area (Å²) in [5, 5.41) is 5.08. The Balaban J connectivity index is 1.35. The second kappa shape index (κ2) is 9.29. The highest BCUT2D eigenvalue weighted by Crippen LogP contribution is 2.35. The number of pyridine rings is 2. The first kappa shape index (κ1) is 22.1. The van der Waals surface area contributed by atoms with Crippen LogP contribution in [0.5, 0.6) is 11.6 Å². The van der Waals surface area contributed by atoms with Gasteiger partial charge >= 0.3 is 6.01 Å². The van der Waals surface area contributed by atoms with E-state index in [1.54, 1.807) is 7.11 Å². The largest absolute Gasteiger partial charge is 0.490 e. The Bertz CT molecular complexity index is 1290. The predicted molar refractivity (Wildman–Crippen MR) is 131 cm³/mol. The summed E-state index contributed by atoms with van der Waals surface area (Å²) in [5.41, 5.74) is 3.86. The predicted octanol–water partition coefficient (Wildman–Crippen LogP) is 5.17. The second-order valence-corrected chi connectivity index (χ2v) is 8.89. The molecule has 0 aliphatic carbocycles. The fraction of sp³-hybridized carbons (Fsp3) is 0.385. The maximum atomic E-state index is 6.48. The van der Waals surface area contributed by atoms with Crippen LogP contribution in [0.15, 0.2) is 47.1 Å². The maximum absolute atomic E-state index is 6.48. The summed E-state index contributed by atoms with van der Waals surface area (Å²) < 4.78 is 17.2. The molecule has 0 saturated carbocycles. The zero-order chi connectivity index (χ0) is 23.7. The number of para-hydroxylation sites is 1. The number of benzene rings is 1. The number of aryl methyl sites for hydroxylation is 1. The van der Waals surface area contributed by atoms with Crippen LogP contribution in [-0.4, -0.2) is 46.4 Å². The summed E-state index contributed by atoms with van der Waals surface area (Å²) in [6.07, 6.45) is 3.69. The molecule has 0 radical (unpaired) electrons. The monoisotopic (exact) mass is 459 g/mol. The minimum absolute atomic E-state index is 0.113. The molecule has 176 valence electrons. The standard InChI is InChI=1S/C26H29N5O3/c1-16(2)25-29-26(34-30-25)31-14-11-18(12-15-31)33-22-10-13-27-24-20(6-5-7-21(22)24)19-8-9-23(32-4)28-17(19)3/h5-10,13,16,18H,11-12,14-15H2,1-4H3. The van der Waals surface area contributed by atoms with E-state index in [0.29, 0.717) is 11.9 Å². The first-order chi connectivity index (χ1) is 16.5. The van der Waals surface area contributed by atoms with E-state index in [1.807, 2.05) is 37.4 Å². The van der Waals surface area contributed by atoms with E-state index in [4.69, 9.17) is 14.0 Å². The van der Waals surface area contributed by atoms with Crippen LogP contribution in [0, 0.1) is 6.92 Å². The molecule has 0 N–H and O–H groups in total. The first-order valence-electron chi connectivity index (χ1n) is 11.7. The number of nitrogens with zero attached hydrogens (tertiary/aromatic N) is 5. The van der Waals surface area contributed by atoms with Crippen molar-refractivity contribution in [2.24, 2.45) is 0 Å². The van der Waals surface area contributed by atoms with Gasteiger partial charge in [-0.05, 0) is 25.1 Å². The molecule has 0 bridgehead atoms. The number of hydrogen-bond acceptors (Lipinski definition) is 8. The van der Waals surface area contributed by atoms with E-state index in [0.717, 1.165) is 65.2 Å². The Morgan fingerprint density at radius 3 is 2.56 bits per heavy atom. The third kappa shape index (κ3) is 4.27. The van der Waals surface area contributed by atoms with E-state index in [9.17, 15) is 0 Å². The lowest BCUT2D eigenvalue weighted by atomic mass is 10.0. The van der Waals surface area contributed by atoms with Gasteiger partial charge in [0.25, 0.3) is 0 Å². The summed E-state index contributed by atoms with van der Waals surface area (Å²) in [7, 11) is 1.62. The Morgan fingerprint density at radius 1 is 1.03 bits per heavy atom. The van der Waals surface area contributed by atoms with Crippen LogP contribution in [-0.2, 0) is 0 Å². The van der Waals surface area contributed by atoms with Gasteiger partial charge in [-0.25, -0.2) is 4.98 Å². The smallest absolute Gasteiger partial charge is 0.324 e. The minimum Gasteiger partial charge on any atom is -0.490 e. The Kier molecular flexibility index (Phi) is 6.04. The average molecular weight is 460 g/mol. The Labute approximate surface area is 198 Å². The van der Waals surface area contributed by atoms with E-state index in [1.165, 1.54) is 0 Å². The van der Waals surface area contributed by atoms with Crippen molar-refractivity contribution >= 4 is 16.9 Å². The Hall–Kier alpha value is -3.68. The van der Waals surface area contributed by atoms with Crippen molar-refractivity contribution in [3.8, 4) is 22.8 Å². The summed E-state index contributed by atoms with van der Waals surface area (Å²) in [5.74, 6) is 2.45. The number of anilines is 1. The summed E-state index contributed by atoms with van der Waals surface area (Å²) >= 11 is 0. The molecule has 0 unspecified atom stereocenters. The van der Waals surface area contributed by atoms with E-state index in [-0.39, 0.29) is 12.0 Å². The van der Waals surface area contributed by atoms with Crippen LogP contribution < -0.4 is 14.4 Å². The number of methoxy groups -OCH3 is 1. The van der Waals surface area contributed by atoms with Crippen molar-refractivity contribution in [3.63, 3.8) is 0 Å². The zero-order valence-corrected chi connectivity index (χ0v) is 20.0. The number of hydrogen-bond donors (Lipinski definition) is 0. The molecule has 0 spiro atoms. The molecule has 1 aliphatic rings. The first-order valence-corrected chi connectivity index (χ1v) is 11.7. The van der Waals surface area contributed by atoms with Gasteiger partial charge in [-0.1, -0.05) is 31.1 Å². The summed E-state index contributed by atoms with van der Waals surface area (Å²) in [6.45, 7) is 7.74. The maximum Gasteiger partial charge on any atom is 0.324 e. The van der Waals surface area contributed by atoms with Gasteiger partial charge < -0.3 is 18.9 Å². The van der Waals surface area contributed by atoms with Gasteiger partial charge in [0.2, 0.25) is 5.88 Å². The number of rotatable bonds is 6. The number of aromatic nitrogens is 4. The highest BCUT2D eigenvalue weighted by Gasteiger charge is 2.25. The zero-order valence-electron chi connectivity index (χ0n) is 20.0. The molecule has 1 aliphatic heterocycles. The quantitative estimate of drug-likeness (QED) is 0.390. The van der Waals surface area contributed by atoms with Gasteiger partial charge in [0, 0.05) is 66.3 Å². The highest BCUT2D eigenvalue weighted by atomic mass is 16.5. The molecule has 8 nitrogen and oxygen atoms in total. The molecule has 0 amide bonds.